The molecule has 1 aromatic heterocycles. The summed E-state index contributed by atoms with van der Waals surface area (Å²) in [6.07, 6.45) is -3.34. The largest absolute Gasteiger partial charge is 0.489 e. The van der Waals surface area contributed by atoms with Crippen LogP contribution in [-0.2, 0) is 12.8 Å². The number of aromatic carboxylic acids is 1. The van der Waals surface area contributed by atoms with Crippen molar-refractivity contribution in [2.45, 2.75) is 12.8 Å². The van der Waals surface area contributed by atoms with Gasteiger partial charge >= 0.3 is 17.8 Å². The lowest BCUT2D eigenvalue weighted by Gasteiger charge is -2.15. The molecule has 0 aliphatic heterocycles. The van der Waals surface area contributed by atoms with Crippen LogP contribution in [0.15, 0.2) is 85.1 Å². The number of aromatic nitrogens is 1. The standard InChI is InChI=1S/C26H17ClF3NO4/c27-23-12-16(6-9-21(23)18-7-11-24(25(32)33)31(34)14-18)15-35-19-8-10-20(17-4-2-1-3-5-17)22(13-19)26(28,29)30/h1-14H,15H2,(H-,32,33,34)/p+1. The van der Waals surface area contributed by atoms with Gasteiger partial charge in [0.05, 0.1) is 11.1 Å². The topological polar surface area (TPSA) is 70.6 Å². The molecule has 3 aromatic carbocycles. The van der Waals surface area contributed by atoms with Gasteiger partial charge in [0.25, 0.3) is 0 Å². The third-order valence-electron chi connectivity index (χ3n) is 5.28. The Morgan fingerprint density at radius 3 is 2.26 bits per heavy atom. The fraction of sp³-hybridized carbons (Fsp3) is 0.0769. The quantitative estimate of drug-likeness (QED) is 0.234. The normalized spacial score (nSPS) is 11.3. The Kier molecular flexibility index (Phi) is 6.66. The highest BCUT2D eigenvalue weighted by Crippen LogP contribution is 2.39. The number of nitrogens with zero attached hydrogens (tertiary/aromatic N) is 1. The zero-order chi connectivity index (χ0) is 25.2. The van der Waals surface area contributed by atoms with Crippen molar-refractivity contribution in [1.82, 2.24) is 0 Å². The van der Waals surface area contributed by atoms with E-state index >= 15 is 0 Å². The van der Waals surface area contributed by atoms with E-state index in [-0.39, 0.29) is 23.6 Å². The van der Waals surface area contributed by atoms with Gasteiger partial charge in [0.15, 0.2) is 0 Å². The van der Waals surface area contributed by atoms with Crippen LogP contribution in [0.25, 0.3) is 22.3 Å². The van der Waals surface area contributed by atoms with Crippen molar-refractivity contribution in [2.75, 3.05) is 0 Å². The molecule has 178 valence electrons. The molecule has 0 bridgehead atoms. The van der Waals surface area contributed by atoms with Crippen LogP contribution in [0.4, 0.5) is 13.2 Å². The molecule has 2 N–H and O–H groups in total. The lowest BCUT2D eigenvalue weighted by Crippen LogP contribution is -2.37. The number of carbonyl (C=O) groups is 1. The minimum atomic E-state index is -4.56. The number of carboxylic acids is 1. The molecule has 0 aliphatic rings. The van der Waals surface area contributed by atoms with Crippen molar-refractivity contribution >= 4 is 17.6 Å². The summed E-state index contributed by atoms with van der Waals surface area (Å²) in [7, 11) is 0. The Morgan fingerprint density at radius 1 is 0.914 bits per heavy atom. The number of halogens is 4. The van der Waals surface area contributed by atoms with Crippen molar-refractivity contribution in [2.24, 2.45) is 0 Å². The highest BCUT2D eigenvalue weighted by molar-refractivity contribution is 6.33. The van der Waals surface area contributed by atoms with E-state index in [9.17, 15) is 23.2 Å². The Hall–Kier alpha value is -4.04. The van der Waals surface area contributed by atoms with E-state index in [0.717, 1.165) is 6.07 Å². The first-order valence-corrected chi connectivity index (χ1v) is 10.7. The van der Waals surface area contributed by atoms with Crippen LogP contribution in [0, 0.1) is 0 Å². The maximum absolute atomic E-state index is 13.7. The number of benzene rings is 3. The number of alkyl halides is 3. The number of rotatable bonds is 6. The van der Waals surface area contributed by atoms with Crippen LogP contribution in [0.5, 0.6) is 5.75 Å². The molecule has 5 nitrogen and oxygen atoms in total. The van der Waals surface area contributed by atoms with Crippen molar-refractivity contribution < 1.29 is 37.7 Å². The molecule has 0 radical (unpaired) electrons. The summed E-state index contributed by atoms with van der Waals surface area (Å²) < 4.78 is 47.2. The van der Waals surface area contributed by atoms with Gasteiger partial charge in [0.2, 0.25) is 6.20 Å². The summed E-state index contributed by atoms with van der Waals surface area (Å²) in [4.78, 5) is 11.1. The molecule has 0 saturated heterocycles. The minimum Gasteiger partial charge on any atom is -0.489 e. The van der Waals surface area contributed by atoms with Crippen molar-refractivity contribution in [3.8, 4) is 28.0 Å². The van der Waals surface area contributed by atoms with Gasteiger partial charge in [-0.05, 0) is 41.0 Å². The SMILES string of the molecule is O=C(O)c1ccc(-c2ccc(COc3ccc(-c4ccccc4)c(C(F)(F)F)c3)cc2Cl)c[n+]1O. The van der Waals surface area contributed by atoms with E-state index in [1.54, 1.807) is 48.5 Å². The molecular formula is C26H18ClF3NO4+. The molecule has 0 aliphatic carbocycles. The van der Waals surface area contributed by atoms with E-state index < -0.39 is 17.7 Å². The zero-order valence-corrected chi connectivity index (χ0v) is 18.7. The zero-order valence-electron chi connectivity index (χ0n) is 18.0. The van der Waals surface area contributed by atoms with E-state index in [1.807, 2.05) is 0 Å². The van der Waals surface area contributed by atoms with Crippen LogP contribution >= 0.6 is 11.6 Å². The Bertz CT molecular complexity index is 1390. The molecule has 1 heterocycles. The fourth-order valence-corrected chi connectivity index (χ4v) is 3.90. The molecule has 0 unspecified atom stereocenters. The molecule has 0 spiro atoms. The van der Waals surface area contributed by atoms with E-state index in [4.69, 9.17) is 21.4 Å². The molecule has 4 aromatic rings. The van der Waals surface area contributed by atoms with Crippen LogP contribution in [-0.4, -0.2) is 16.3 Å². The van der Waals surface area contributed by atoms with Gasteiger partial charge in [0, 0.05) is 21.4 Å². The number of pyridine rings is 1. The maximum atomic E-state index is 13.7. The van der Waals surface area contributed by atoms with E-state index in [0.29, 0.717) is 32.0 Å². The highest BCUT2D eigenvalue weighted by atomic mass is 35.5. The lowest BCUT2D eigenvalue weighted by atomic mass is 9.99. The summed E-state index contributed by atoms with van der Waals surface area (Å²) in [5.74, 6) is -1.23. The van der Waals surface area contributed by atoms with Gasteiger partial charge in [0.1, 0.15) is 12.4 Å². The first kappa shape index (κ1) is 24.1. The summed E-state index contributed by atoms with van der Waals surface area (Å²) in [5.41, 5.74) is 1.02. The second-order valence-corrected chi connectivity index (χ2v) is 8.03. The molecule has 0 fully saturated rings. The predicted octanol–water partition coefficient (Wildman–Crippen LogP) is 6.49. The van der Waals surface area contributed by atoms with Crippen LogP contribution in [0.2, 0.25) is 5.02 Å². The van der Waals surface area contributed by atoms with Gasteiger partial charge in [-0.25, -0.2) is 4.79 Å². The Morgan fingerprint density at radius 2 is 1.63 bits per heavy atom. The molecule has 0 amide bonds. The summed E-state index contributed by atoms with van der Waals surface area (Å²) in [5, 5.41) is 19.2. The number of carboxylic acid groups (broad SMARTS) is 1. The van der Waals surface area contributed by atoms with Gasteiger partial charge in [-0.3, -0.25) is 5.21 Å². The van der Waals surface area contributed by atoms with Gasteiger partial charge in [-0.15, -0.1) is 0 Å². The van der Waals surface area contributed by atoms with Gasteiger partial charge < -0.3 is 9.84 Å². The maximum Gasteiger partial charge on any atom is 0.417 e. The average molecular weight is 501 g/mol. The predicted molar refractivity (Wildman–Crippen MR) is 122 cm³/mol. The first-order valence-electron chi connectivity index (χ1n) is 10.3. The lowest BCUT2D eigenvalue weighted by molar-refractivity contribution is -0.905. The average Bonchev–Trinajstić information content (AvgIpc) is 2.82. The van der Waals surface area contributed by atoms with Crippen LogP contribution in [0.1, 0.15) is 21.6 Å². The summed E-state index contributed by atoms with van der Waals surface area (Å²) in [6, 6.07) is 19.8. The minimum absolute atomic E-state index is 0.0278. The monoisotopic (exact) mass is 500 g/mol. The number of ether oxygens (including phenoxy) is 1. The van der Waals surface area contributed by atoms with Crippen molar-refractivity contribution in [3.63, 3.8) is 0 Å². The molecule has 9 heteroatoms. The van der Waals surface area contributed by atoms with Crippen molar-refractivity contribution in [1.29, 1.82) is 0 Å². The second kappa shape index (κ2) is 9.68. The molecular weight excluding hydrogens is 483 g/mol. The molecule has 4 rings (SSSR count). The molecule has 0 saturated carbocycles. The van der Waals surface area contributed by atoms with Gasteiger partial charge in [-0.2, -0.15) is 13.2 Å². The van der Waals surface area contributed by atoms with Gasteiger partial charge in [-0.1, -0.05) is 60.1 Å². The second-order valence-electron chi connectivity index (χ2n) is 7.63. The third-order valence-corrected chi connectivity index (χ3v) is 5.59. The molecule has 0 atom stereocenters. The first-order chi connectivity index (χ1) is 16.6. The number of hydrogen-bond donors (Lipinski definition) is 2. The summed E-state index contributed by atoms with van der Waals surface area (Å²) >= 11 is 6.36. The van der Waals surface area contributed by atoms with E-state index in [1.165, 1.54) is 30.5 Å². The van der Waals surface area contributed by atoms with Crippen molar-refractivity contribution in [3.05, 3.63) is 107 Å². The summed E-state index contributed by atoms with van der Waals surface area (Å²) in [6.45, 7) is -0.0278. The highest BCUT2D eigenvalue weighted by Gasteiger charge is 2.34. The van der Waals surface area contributed by atoms with E-state index in [2.05, 4.69) is 0 Å². The third kappa shape index (κ3) is 5.38. The smallest absolute Gasteiger partial charge is 0.417 e. The molecule has 35 heavy (non-hydrogen) atoms. The van der Waals surface area contributed by atoms with Crippen LogP contribution < -0.4 is 9.47 Å². The number of hydrogen-bond acceptors (Lipinski definition) is 3. The fourth-order valence-electron chi connectivity index (χ4n) is 3.58. The Balaban J connectivity index is 1.55. The Labute approximate surface area is 203 Å². The van der Waals surface area contributed by atoms with Crippen LogP contribution in [0.3, 0.4) is 0 Å².